The summed E-state index contributed by atoms with van der Waals surface area (Å²) in [5.41, 5.74) is 2.52. The van der Waals surface area contributed by atoms with E-state index in [1.807, 2.05) is 18.2 Å². The van der Waals surface area contributed by atoms with Crippen LogP contribution in [0.1, 0.15) is 17.2 Å². The molecule has 0 amide bonds. The van der Waals surface area contributed by atoms with Gasteiger partial charge in [0.15, 0.2) is 0 Å². The van der Waals surface area contributed by atoms with Gasteiger partial charge < -0.3 is 14.6 Å². The average Bonchev–Trinajstić information content (AvgIpc) is 2.78. The average molecular weight is 433 g/mol. The van der Waals surface area contributed by atoms with Gasteiger partial charge in [-0.3, -0.25) is 9.80 Å². The van der Waals surface area contributed by atoms with Crippen LogP contribution < -0.4 is 0 Å². The maximum Gasteiger partial charge on any atom is 0.332 e. The van der Waals surface area contributed by atoms with Gasteiger partial charge in [0.1, 0.15) is 13.2 Å². The SMILES string of the molecule is O=C(COCCN1CCN(C(c2ccccc2)c2ccc(Cl)cc2)CC1)OCCO. The lowest BCUT2D eigenvalue weighted by atomic mass is 9.96. The molecule has 6 nitrogen and oxygen atoms in total. The highest BCUT2D eigenvalue weighted by molar-refractivity contribution is 6.30. The lowest BCUT2D eigenvalue weighted by molar-refractivity contribution is -0.150. The molecule has 0 aliphatic carbocycles. The van der Waals surface area contributed by atoms with Crippen molar-refractivity contribution in [2.24, 2.45) is 0 Å². The minimum Gasteiger partial charge on any atom is -0.462 e. The van der Waals surface area contributed by atoms with Crippen molar-refractivity contribution in [2.75, 3.05) is 59.2 Å². The number of hydrogen-bond acceptors (Lipinski definition) is 6. The Morgan fingerprint density at radius 2 is 1.63 bits per heavy atom. The molecule has 1 atom stereocenters. The molecular formula is C23H29ClN2O4. The molecule has 162 valence electrons. The number of nitrogens with zero attached hydrogens (tertiary/aromatic N) is 2. The van der Waals surface area contributed by atoms with Crippen LogP contribution in [0.25, 0.3) is 0 Å². The van der Waals surface area contributed by atoms with Gasteiger partial charge in [0.25, 0.3) is 0 Å². The topological polar surface area (TPSA) is 62.2 Å². The maximum absolute atomic E-state index is 11.4. The van der Waals surface area contributed by atoms with Crippen molar-refractivity contribution in [3.8, 4) is 0 Å². The number of carbonyl (C=O) groups excluding carboxylic acids is 1. The summed E-state index contributed by atoms with van der Waals surface area (Å²) in [5.74, 6) is -0.442. The first-order valence-electron chi connectivity index (χ1n) is 10.3. The molecule has 1 heterocycles. The summed E-state index contributed by atoms with van der Waals surface area (Å²) in [6.45, 7) is 4.79. The van der Waals surface area contributed by atoms with Gasteiger partial charge in [-0.1, -0.05) is 54.1 Å². The second kappa shape index (κ2) is 12.0. The third kappa shape index (κ3) is 6.79. The van der Waals surface area contributed by atoms with E-state index in [4.69, 9.17) is 26.2 Å². The molecule has 0 radical (unpaired) electrons. The number of esters is 1. The molecule has 2 aromatic rings. The van der Waals surface area contributed by atoms with Gasteiger partial charge in [-0.25, -0.2) is 4.79 Å². The summed E-state index contributed by atoms with van der Waals surface area (Å²) in [6.07, 6.45) is 0. The van der Waals surface area contributed by atoms with Crippen molar-refractivity contribution in [2.45, 2.75) is 6.04 Å². The molecule has 30 heavy (non-hydrogen) atoms. The summed E-state index contributed by atoms with van der Waals surface area (Å²) in [7, 11) is 0. The van der Waals surface area contributed by atoms with Crippen LogP contribution in [0.2, 0.25) is 5.02 Å². The Labute approximate surface area is 183 Å². The van der Waals surface area contributed by atoms with Crippen LogP contribution >= 0.6 is 11.6 Å². The van der Waals surface area contributed by atoms with Gasteiger partial charge in [0.05, 0.1) is 19.3 Å². The highest BCUT2D eigenvalue weighted by Gasteiger charge is 2.26. The summed E-state index contributed by atoms with van der Waals surface area (Å²) in [6, 6.07) is 18.9. The molecule has 0 aromatic heterocycles. The van der Waals surface area contributed by atoms with E-state index in [1.165, 1.54) is 11.1 Å². The fourth-order valence-corrected chi connectivity index (χ4v) is 3.82. The molecule has 1 saturated heterocycles. The first kappa shape index (κ1) is 22.7. The van der Waals surface area contributed by atoms with Crippen molar-refractivity contribution in [3.05, 3.63) is 70.7 Å². The Morgan fingerprint density at radius 3 is 2.30 bits per heavy atom. The van der Waals surface area contributed by atoms with Crippen molar-refractivity contribution >= 4 is 17.6 Å². The number of piperazine rings is 1. The summed E-state index contributed by atoms with van der Waals surface area (Å²) in [5, 5.41) is 9.39. The van der Waals surface area contributed by atoms with E-state index >= 15 is 0 Å². The third-order valence-electron chi connectivity index (χ3n) is 5.20. The lowest BCUT2D eigenvalue weighted by Crippen LogP contribution is -2.48. The van der Waals surface area contributed by atoms with Gasteiger partial charge in [0, 0.05) is 37.7 Å². The second-order valence-corrected chi connectivity index (χ2v) is 7.68. The predicted molar refractivity (Wildman–Crippen MR) is 117 cm³/mol. The molecule has 1 aliphatic rings. The Kier molecular flexibility index (Phi) is 9.11. The van der Waals surface area contributed by atoms with Crippen molar-refractivity contribution in [1.29, 1.82) is 0 Å². The van der Waals surface area contributed by atoms with Crippen LogP contribution in [0.5, 0.6) is 0 Å². The van der Waals surface area contributed by atoms with Gasteiger partial charge in [-0.05, 0) is 23.3 Å². The molecule has 0 saturated carbocycles. The monoisotopic (exact) mass is 432 g/mol. The summed E-state index contributed by atoms with van der Waals surface area (Å²) < 4.78 is 10.2. The molecule has 1 unspecified atom stereocenters. The predicted octanol–water partition coefficient (Wildman–Crippen LogP) is 2.60. The van der Waals surface area contributed by atoms with Crippen LogP contribution in [0.3, 0.4) is 0 Å². The number of aliphatic hydroxyl groups excluding tert-OH is 1. The van der Waals surface area contributed by atoms with Crippen molar-refractivity contribution in [1.82, 2.24) is 9.80 Å². The molecule has 0 bridgehead atoms. The number of hydrogen-bond donors (Lipinski definition) is 1. The molecule has 3 rings (SSSR count). The number of ether oxygens (including phenoxy) is 2. The first-order valence-corrected chi connectivity index (χ1v) is 10.7. The summed E-state index contributed by atoms with van der Waals surface area (Å²) in [4.78, 5) is 16.2. The first-order chi connectivity index (χ1) is 14.7. The highest BCUT2D eigenvalue weighted by Crippen LogP contribution is 2.30. The Balaban J connectivity index is 1.51. The number of benzene rings is 2. The molecule has 2 aromatic carbocycles. The maximum atomic E-state index is 11.4. The number of halogens is 1. The van der Waals surface area contributed by atoms with E-state index in [0.717, 1.165) is 37.7 Å². The highest BCUT2D eigenvalue weighted by atomic mass is 35.5. The molecule has 0 spiro atoms. The van der Waals surface area contributed by atoms with E-state index < -0.39 is 5.97 Å². The molecule has 1 aliphatic heterocycles. The Hall–Kier alpha value is -1.96. The zero-order chi connectivity index (χ0) is 21.2. The van der Waals surface area contributed by atoms with Crippen LogP contribution in [0, 0.1) is 0 Å². The number of carbonyl (C=O) groups is 1. The minimum absolute atomic E-state index is 0.0142. The quantitative estimate of drug-likeness (QED) is 0.460. The fraction of sp³-hybridized carbons (Fsp3) is 0.435. The van der Waals surface area contributed by atoms with Gasteiger partial charge in [-0.15, -0.1) is 0 Å². The van der Waals surface area contributed by atoms with Gasteiger partial charge >= 0.3 is 5.97 Å². The zero-order valence-electron chi connectivity index (χ0n) is 17.1. The van der Waals surface area contributed by atoms with E-state index in [1.54, 1.807) is 0 Å². The largest absolute Gasteiger partial charge is 0.462 e. The summed E-state index contributed by atoms with van der Waals surface area (Å²) >= 11 is 6.10. The molecule has 7 heteroatoms. The second-order valence-electron chi connectivity index (χ2n) is 7.24. The van der Waals surface area contributed by atoms with E-state index in [9.17, 15) is 4.79 Å². The third-order valence-corrected chi connectivity index (χ3v) is 5.45. The smallest absolute Gasteiger partial charge is 0.332 e. The van der Waals surface area contributed by atoms with E-state index in [0.29, 0.717) is 6.61 Å². The lowest BCUT2D eigenvalue weighted by Gasteiger charge is -2.39. The van der Waals surface area contributed by atoms with Crippen molar-refractivity contribution in [3.63, 3.8) is 0 Å². The fourth-order valence-electron chi connectivity index (χ4n) is 3.69. The van der Waals surface area contributed by atoms with Crippen LogP contribution in [0.15, 0.2) is 54.6 Å². The normalized spacial score (nSPS) is 16.3. The molecular weight excluding hydrogens is 404 g/mol. The van der Waals surface area contributed by atoms with Crippen LogP contribution in [-0.4, -0.2) is 80.0 Å². The number of aliphatic hydroxyl groups is 1. The standard InChI is InChI=1S/C23H29ClN2O4/c24-21-8-6-20(7-9-21)23(19-4-2-1-3-5-19)26-12-10-25(11-13-26)14-16-29-18-22(28)30-17-15-27/h1-9,23,27H,10-18H2. The Morgan fingerprint density at radius 1 is 0.967 bits per heavy atom. The van der Waals surface area contributed by atoms with Crippen molar-refractivity contribution < 1.29 is 19.4 Å². The number of rotatable bonds is 10. The van der Waals surface area contributed by atoms with Crippen LogP contribution in [-0.2, 0) is 14.3 Å². The van der Waals surface area contributed by atoms with Gasteiger partial charge in [0.2, 0.25) is 0 Å². The van der Waals surface area contributed by atoms with E-state index in [2.05, 4.69) is 46.2 Å². The van der Waals surface area contributed by atoms with Gasteiger partial charge in [-0.2, -0.15) is 0 Å². The van der Waals surface area contributed by atoms with E-state index in [-0.39, 0.29) is 25.9 Å². The molecule has 1 N–H and O–H groups in total. The Bertz CT molecular complexity index is 765. The zero-order valence-corrected chi connectivity index (χ0v) is 17.8. The molecule has 1 fully saturated rings. The van der Waals surface area contributed by atoms with Crippen LogP contribution in [0.4, 0.5) is 0 Å². The minimum atomic E-state index is -0.442.